The van der Waals surface area contributed by atoms with Gasteiger partial charge in [-0.15, -0.1) is 0 Å². The molecule has 1 fully saturated rings. The lowest BCUT2D eigenvalue weighted by Crippen LogP contribution is -2.15. The van der Waals surface area contributed by atoms with Gasteiger partial charge < -0.3 is 9.26 Å². The molecule has 6 nitrogen and oxygen atoms in total. The Hall–Kier alpha value is -3.35. The van der Waals surface area contributed by atoms with Gasteiger partial charge in [-0.1, -0.05) is 24.2 Å². The fourth-order valence-electron chi connectivity index (χ4n) is 4.75. The number of benzene rings is 1. The van der Waals surface area contributed by atoms with E-state index in [1.807, 2.05) is 6.92 Å². The Morgan fingerprint density at radius 3 is 2.67 bits per heavy atom. The highest BCUT2D eigenvalue weighted by Crippen LogP contribution is 2.45. The predicted octanol–water partition coefficient (Wildman–Crippen LogP) is 4.99. The number of rotatable bonds is 6. The molecule has 1 aromatic heterocycles. The van der Waals surface area contributed by atoms with E-state index >= 15 is 0 Å². The molecule has 4 rings (SSSR count). The van der Waals surface area contributed by atoms with E-state index in [9.17, 15) is 18.8 Å². The third-order valence-electron chi connectivity index (χ3n) is 6.88. The van der Waals surface area contributed by atoms with Crippen LogP contribution in [0.4, 0.5) is 4.39 Å². The number of hydrogen-bond acceptors (Lipinski definition) is 6. The highest BCUT2D eigenvalue weighted by Gasteiger charge is 2.38. The van der Waals surface area contributed by atoms with Crippen molar-refractivity contribution in [1.82, 2.24) is 5.16 Å². The molecule has 1 heterocycles. The van der Waals surface area contributed by atoms with Crippen LogP contribution >= 0.6 is 0 Å². The van der Waals surface area contributed by atoms with Gasteiger partial charge >= 0.3 is 5.97 Å². The molecule has 172 valence electrons. The first-order chi connectivity index (χ1) is 15.7. The van der Waals surface area contributed by atoms with E-state index in [1.54, 1.807) is 0 Å². The Kier molecular flexibility index (Phi) is 6.40. The molecule has 0 unspecified atom stereocenters. The largest absolute Gasteiger partial charge is 0.454 e. The topological polar surface area (TPSA) is 86.5 Å². The summed E-state index contributed by atoms with van der Waals surface area (Å²) in [6, 6.07) is 6.51. The van der Waals surface area contributed by atoms with Crippen molar-refractivity contribution >= 4 is 17.5 Å². The minimum atomic E-state index is -0.531. The summed E-state index contributed by atoms with van der Waals surface area (Å²) in [7, 11) is 0. The zero-order valence-electron chi connectivity index (χ0n) is 18.7. The average Bonchev–Trinajstić information content (AvgIpc) is 3.35. The zero-order chi connectivity index (χ0) is 23.7. The van der Waals surface area contributed by atoms with Crippen molar-refractivity contribution in [2.45, 2.75) is 46.1 Å². The zero-order valence-corrected chi connectivity index (χ0v) is 18.7. The van der Waals surface area contributed by atoms with E-state index in [0.29, 0.717) is 24.3 Å². The van der Waals surface area contributed by atoms with Crippen LogP contribution in [0.25, 0.3) is 0 Å². The molecule has 2 aliphatic rings. The average molecular weight is 451 g/mol. The molecule has 0 saturated heterocycles. The normalized spacial score (nSPS) is 22.6. The molecule has 1 saturated carbocycles. The van der Waals surface area contributed by atoms with Gasteiger partial charge in [0, 0.05) is 23.6 Å². The Balaban J connectivity index is 1.37. The van der Waals surface area contributed by atoms with Crippen molar-refractivity contribution in [2.75, 3.05) is 0 Å². The number of ether oxygens (including phenoxy) is 1. The quantitative estimate of drug-likeness (QED) is 0.350. The summed E-state index contributed by atoms with van der Waals surface area (Å²) < 4.78 is 23.6. The second-order valence-electron chi connectivity index (χ2n) is 8.96. The van der Waals surface area contributed by atoms with Crippen molar-refractivity contribution in [3.05, 3.63) is 76.5 Å². The number of ketones is 2. The molecule has 0 amide bonds. The lowest BCUT2D eigenvalue weighted by molar-refractivity contribution is -0.141. The van der Waals surface area contributed by atoms with Crippen LogP contribution in [-0.4, -0.2) is 22.7 Å². The fourth-order valence-corrected chi connectivity index (χ4v) is 4.75. The van der Waals surface area contributed by atoms with Gasteiger partial charge in [-0.05, 0) is 73.8 Å². The van der Waals surface area contributed by atoms with E-state index < -0.39 is 17.6 Å². The Morgan fingerprint density at radius 1 is 1.21 bits per heavy atom. The van der Waals surface area contributed by atoms with Crippen molar-refractivity contribution in [1.29, 1.82) is 0 Å². The van der Waals surface area contributed by atoms with Crippen molar-refractivity contribution < 1.29 is 28.0 Å². The summed E-state index contributed by atoms with van der Waals surface area (Å²) >= 11 is 0. The Labute approximate surface area is 191 Å². The lowest BCUT2D eigenvalue weighted by atomic mass is 9.86. The highest BCUT2D eigenvalue weighted by atomic mass is 19.1. The van der Waals surface area contributed by atoms with Crippen LogP contribution in [-0.2, 0) is 20.9 Å². The fraction of sp³-hybridized carbons (Fsp3) is 0.385. The number of hydrogen-bond donors (Lipinski definition) is 0. The summed E-state index contributed by atoms with van der Waals surface area (Å²) in [5.41, 5.74) is 2.69. The molecule has 3 atom stereocenters. The van der Waals surface area contributed by atoms with Crippen LogP contribution in [0, 0.1) is 23.6 Å². The predicted molar refractivity (Wildman–Crippen MR) is 118 cm³/mol. The maximum atomic E-state index is 13.1. The number of carbonyl (C=O) groups is 3. The highest BCUT2D eigenvalue weighted by molar-refractivity contribution is 6.07. The molecule has 0 radical (unpaired) electrons. The summed E-state index contributed by atoms with van der Waals surface area (Å²) in [4.78, 5) is 37.3. The molecule has 0 bridgehead atoms. The number of aromatic nitrogens is 1. The van der Waals surface area contributed by atoms with Crippen LogP contribution in [0.3, 0.4) is 0 Å². The van der Waals surface area contributed by atoms with Crippen molar-refractivity contribution in [3.63, 3.8) is 0 Å². The molecule has 0 aliphatic heterocycles. The smallest absolute Gasteiger partial charge is 0.334 e. The second kappa shape index (κ2) is 9.25. The third-order valence-corrected chi connectivity index (χ3v) is 6.88. The van der Waals surface area contributed by atoms with E-state index in [2.05, 4.69) is 18.7 Å². The molecule has 2 aliphatic carbocycles. The summed E-state index contributed by atoms with van der Waals surface area (Å²) in [5.74, 6) is -0.397. The molecule has 2 aromatic rings. The first kappa shape index (κ1) is 22.8. The molecule has 1 aromatic carbocycles. The van der Waals surface area contributed by atoms with Gasteiger partial charge in [0.25, 0.3) is 0 Å². The van der Waals surface area contributed by atoms with Crippen LogP contribution in [0.1, 0.15) is 61.3 Å². The minimum absolute atomic E-state index is 0.0450. The number of allylic oxidation sites excluding steroid dienone is 2. The maximum Gasteiger partial charge on any atom is 0.334 e. The van der Waals surface area contributed by atoms with Gasteiger partial charge in [0.05, 0.1) is 0 Å². The Morgan fingerprint density at radius 2 is 1.94 bits per heavy atom. The standard InChI is InChI=1S/C26H26FNO5/c1-14-4-5-18(10-22-16(3)24(29)12-21(14)22)15(2)26(31)32-13-20-11-23(28-33-20)25(30)17-6-8-19(27)9-7-17/h6-9,11,14,18,21H,2,4-5,10,12-13H2,1,3H3/t14-,18+,21-/m0/s1. The minimum Gasteiger partial charge on any atom is -0.454 e. The van der Waals surface area contributed by atoms with Gasteiger partial charge in [-0.25, -0.2) is 9.18 Å². The van der Waals surface area contributed by atoms with Gasteiger partial charge in [-0.2, -0.15) is 0 Å². The number of fused-ring (bicyclic) bond motifs is 1. The maximum absolute atomic E-state index is 13.1. The molecular formula is C26H26FNO5. The molecule has 33 heavy (non-hydrogen) atoms. The lowest BCUT2D eigenvalue weighted by Gasteiger charge is -2.18. The van der Waals surface area contributed by atoms with Crippen LogP contribution < -0.4 is 0 Å². The number of Topliss-reactive ketones (excluding diaryl/α,β-unsaturated/α-hetero) is 1. The van der Waals surface area contributed by atoms with Gasteiger partial charge in [0.15, 0.2) is 23.8 Å². The van der Waals surface area contributed by atoms with E-state index in [4.69, 9.17) is 9.26 Å². The first-order valence-electron chi connectivity index (χ1n) is 11.1. The van der Waals surface area contributed by atoms with Crippen LogP contribution in [0.2, 0.25) is 0 Å². The van der Waals surface area contributed by atoms with Gasteiger partial charge in [0.2, 0.25) is 5.78 Å². The van der Waals surface area contributed by atoms with E-state index in [1.165, 1.54) is 30.3 Å². The summed E-state index contributed by atoms with van der Waals surface area (Å²) in [5, 5.41) is 3.73. The van der Waals surface area contributed by atoms with E-state index in [-0.39, 0.29) is 41.2 Å². The van der Waals surface area contributed by atoms with Crippen LogP contribution in [0.15, 0.2) is 58.2 Å². The summed E-state index contributed by atoms with van der Waals surface area (Å²) in [6.45, 7) is 7.83. The van der Waals surface area contributed by atoms with Crippen molar-refractivity contribution in [3.8, 4) is 0 Å². The molecular weight excluding hydrogens is 425 g/mol. The summed E-state index contributed by atoms with van der Waals surface area (Å²) in [6.07, 6.45) is 2.95. The van der Waals surface area contributed by atoms with Crippen LogP contribution in [0.5, 0.6) is 0 Å². The van der Waals surface area contributed by atoms with Gasteiger partial charge in [-0.3, -0.25) is 9.59 Å². The van der Waals surface area contributed by atoms with E-state index in [0.717, 1.165) is 24.0 Å². The number of esters is 1. The number of halogens is 1. The number of carbonyl (C=O) groups excluding carboxylic acids is 3. The second-order valence-corrected chi connectivity index (χ2v) is 8.96. The number of nitrogens with zero attached hydrogens (tertiary/aromatic N) is 1. The molecule has 0 N–H and O–H groups in total. The molecule has 0 spiro atoms. The van der Waals surface area contributed by atoms with Crippen molar-refractivity contribution in [2.24, 2.45) is 17.8 Å². The van der Waals surface area contributed by atoms with Gasteiger partial charge in [0.1, 0.15) is 5.82 Å². The molecule has 7 heteroatoms. The first-order valence-corrected chi connectivity index (χ1v) is 11.1. The third kappa shape index (κ3) is 4.72. The monoisotopic (exact) mass is 451 g/mol. The Bertz CT molecular complexity index is 1140. The SMILES string of the molecule is C=C(C(=O)OCc1cc(C(=O)c2ccc(F)cc2)no1)[C@@H]1CC[C@H](C)[C@@H]2CC(=O)C(C)=C2C1.